The van der Waals surface area contributed by atoms with Crippen LogP contribution in [-0.4, -0.2) is 54.8 Å². The molecule has 25 heavy (non-hydrogen) atoms. The number of esters is 1. The minimum absolute atomic E-state index is 0.114. The van der Waals surface area contributed by atoms with Gasteiger partial charge in [-0.1, -0.05) is 19.9 Å². The first-order valence-electron chi connectivity index (χ1n) is 8.28. The van der Waals surface area contributed by atoms with Crippen LogP contribution in [0.1, 0.15) is 31.1 Å². The summed E-state index contributed by atoms with van der Waals surface area (Å²) in [6.45, 7) is 6.11. The van der Waals surface area contributed by atoms with Gasteiger partial charge in [0.25, 0.3) is 5.91 Å². The molecule has 1 fully saturated rings. The van der Waals surface area contributed by atoms with Gasteiger partial charge in [-0.3, -0.25) is 4.79 Å². The molecule has 0 radical (unpaired) electrons. The van der Waals surface area contributed by atoms with Crippen molar-refractivity contribution < 1.29 is 23.8 Å². The van der Waals surface area contributed by atoms with Crippen LogP contribution in [0.3, 0.4) is 0 Å². The zero-order valence-electron chi connectivity index (χ0n) is 15.3. The molecule has 0 saturated carbocycles. The van der Waals surface area contributed by atoms with E-state index in [9.17, 15) is 9.59 Å². The topological polar surface area (TPSA) is 65.1 Å². The largest absolute Gasteiger partial charge is 0.496 e. The quantitative estimate of drug-likeness (QED) is 0.721. The van der Waals surface area contributed by atoms with Crippen LogP contribution in [0.5, 0.6) is 11.5 Å². The predicted molar refractivity (Wildman–Crippen MR) is 97.2 cm³/mol. The van der Waals surface area contributed by atoms with Gasteiger partial charge in [0.05, 0.1) is 26.2 Å². The van der Waals surface area contributed by atoms with Crippen LogP contribution in [0.15, 0.2) is 18.2 Å². The Bertz CT molecular complexity index is 612. The van der Waals surface area contributed by atoms with E-state index in [0.717, 1.165) is 0 Å². The van der Waals surface area contributed by atoms with Gasteiger partial charge in [-0.2, -0.15) is 0 Å². The number of thioether (sulfide) groups is 1. The van der Waals surface area contributed by atoms with E-state index < -0.39 is 6.04 Å². The van der Waals surface area contributed by atoms with E-state index >= 15 is 0 Å². The third kappa shape index (κ3) is 3.86. The van der Waals surface area contributed by atoms with E-state index in [1.54, 1.807) is 41.8 Å². The van der Waals surface area contributed by atoms with E-state index in [1.165, 1.54) is 14.2 Å². The van der Waals surface area contributed by atoms with Gasteiger partial charge in [0.1, 0.15) is 23.1 Å². The Hall–Kier alpha value is -1.89. The number of hydrogen-bond acceptors (Lipinski definition) is 6. The third-order valence-electron chi connectivity index (χ3n) is 4.04. The van der Waals surface area contributed by atoms with Gasteiger partial charge < -0.3 is 19.1 Å². The van der Waals surface area contributed by atoms with E-state index in [4.69, 9.17) is 14.2 Å². The van der Waals surface area contributed by atoms with Gasteiger partial charge in [0.15, 0.2) is 0 Å². The van der Waals surface area contributed by atoms with Crippen LogP contribution in [0.4, 0.5) is 0 Å². The molecule has 1 aliphatic heterocycles. The molecular formula is C18H25NO5S. The van der Waals surface area contributed by atoms with Gasteiger partial charge >= 0.3 is 5.97 Å². The molecule has 6 nitrogen and oxygen atoms in total. The second kappa shape index (κ2) is 8.47. The molecular weight excluding hydrogens is 342 g/mol. The number of nitrogens with zero attached hydrogens (tertiary/aromatic N) is 1. The summed E-state index contributed by atoms with van der Waals surface area (Å²) in [6, 6.07) is 4.57. The van der Waals surface area contributed by atoms with Crippen molar-refractivity contribution in [3.8, 4) is 11.5 Å². The summed E-state index contributed by atoms with van der Waals surface area (Å²) in [6.07, 6.45) is 0. The first-order valence-corrected chi connectivity index (χ1v) is 9.33. The van der Waals surface area contributed by atoms with Gasteiger partial charge in [-0.15, -0.1) is 11.8 Å². The Balaban J connectivity index is 2.47. The molecule has 2 atom stereocenters. The van der Waals surface area contributed by atoms with Crippen molar-refractivity contribution in [1.29, 1.82) is 0 Å². The summed E-state index contributed by atoms with van der Waals surface area (Å²) in [5.41, 5.74) is 0.329. The summed E-state index contributed by atoms with van der Waals surface area (Å²) < 4.78 is 15.9. The summed E-state index contributed by atoms with van der Waals surface area (Å²) in [5.74, 6) is 0.897. The summed E-state index contributed by atoms with van der Waals surface area (Å²) in [5, 5.41) is -0.114. The van der Waals surface area contributed by atoms with Gasteiger partial charge in [0.2, 0.25) is 0 Å². The molecule has 0 N–H and O–H groups in total. The molecule has 2 rings (SSSR count). The molecule has 0 aliphatic carbocycles. The van der Waals surface area contributed by atoms with E-state index in [2.05, 4.69) is 0 Å². The van der Waals surface area contributed by atoms with Crippen LogP contribution in [0, 0.1) is 5.92 Å². The van der Waals surface area contributed by atoms with Crippen LogP contribution in [0.25, 0.3) is 0 Å². The van der Waals surface area contributed by atoms with Gasteiger partial charge in [0, 0.05) is 5.75 Å². The monoisotopic (exact) mass is 367 g/mol. The molecule has 138 valence electrons. The minimum atomic E-state index is -0.612. The number of rotatable bonds is 6. The molecule has 1 aromatic carbocycles. The second-order valence-electron chi connectivity index (χ2n) is 5.99. The number of hydrogen-bond donors (Lipinski definition) is 0. The molecule has 1 aromatic rings. The van der Waals surface area contributed by atoms with Crippen LogP contribution in [0.2, 0.25) is 0 Å². The lowest BCUT2D eigenvalue weighted by molar-refractivity contribution is -0.147. The van der Waals surface area contributed by atoms with Crippen LogP contribution >= 0.6 is 11.8 Å². The van der Waals surface area contributed by atoms with E-state index in [1.807, 2.05) is 13.8 Å². The standard InChI is InChI=1S/C18H25NO5S/c1-6-24-18(21)12-10-25-17(11(2)3)19(12)16(20)15-13(22-4)8-7-9-14(15)23-5/h7-9,11-12,17H,6,10H2,1-5H3. The van der Waals surface area contributed by atoms with Crippen molar-refractivity contribution in [2.45, 2.75) is 32.2 Å². The van der Waals surface area contributed by atoms with E-state index in [0.29, 0.717) is 22.8 Å². The Morgan fingerprint density at radius 1 is 1.24 bits per heavy atom. The van der Waals surface area contributed by atoms with Crippen molar-refractivity contribution in [3.63, 3.8) is 0 Å². The number of carbonyl (C=O) groups excluding carboxylic acids is 2. The maximum Gasteiger partial charge on any atom is 0.329 e. The molecule has 0 spiro atoms. The lowest BCUT2D eigenvalue weighted by Gasteiger charge is -2.31. The molecule has 1 heterocycles. The van der Waals surface area contributed by atoms with Crippen molar-refractivity contribution in [2.24, 2.45) is 5.92 Å². The normalized spacial score (nSPS) is 19.8. The maximum atomic E-state index is 13.4. The summed E-state index contributed by atoms with van der Waals surface area (Å²) >= 11 is 1.59. The number of carbonyl (C=O) groups is 2. The zero-order valence-corrected chi connectivity index (χ0v) is 16.1. The molecule has 1 saturated heterocycles. The lowest BCUT2D eigenvalue weighted by Crippen LogP contribution is -2.48. The highest BCUT2D eigenvalue weighted by Crippen LogP contribution is 2.39. The summed E-state index contributed by atoms with van der Waals surface area (Å²) in [7, 11) is 3.01. The van der Waals surface area contributed by atoms with Crippen molar-refractivity contribution in [3.05, 3.63) is 23.8 Å². The molecule has 1 aliphatic rings. The average Bonchev–Trinajstić information content (AvgIpc) is 3.05. The molecule has 0 bridgehead atoms. The molecule has 0 aromatic heterocycles. The number of benzene rings is 1. The maximum absolute atomic E-state index is 13.4. The summed E-state index contributed by atoms with van der Waals surface area (Å²) in [4.78, 5) is 27.4. The zero-order chi connectivity index (χ0) is 18.6. The second-order valence-corrected chi connectivity index (χ2v) is 7.14. The highest BCUT2D eigenvalue weighted by atomic mass is 32.2. The Morgan fingerprint density at radius 3 is 2.32 bits per heavy atom. The SMILES string of the molecule is CCOC(=O)C1CSC(C(C)C)N1C(=O)c1c(OC)cccc1OC. The Morgan fingerprint density at radius 2 is 1.84 bits per heavy atom. The van der Waals surface area contributed by atoms with Crippen LogP contribution < -0.4 is 9.47 Å². The Labute approximate surface area is 152 Å². The van der Waals surface area contributed by atoms with Crippen molar-refractivity contribution in [2.75, 3.05) is 26.6 Å². The molecule has 7 heteroatoms. The molecule has 2 unspecified atom stereocenters. The fourth-order valence-electron chi connectivity index (χ4n) is 2.91. The van der Waals surface area contributed by atoms with Crippen LogP contribution in [-0.2, 0) is 9.53 Å². The highest BCUT2D eigenvalue weighted by Gasteiger charge is 2.45. The number of methoxy groups -OCH3 is 2. The minimum Gasteiger partial charge on any atom is -0.496 e. The average molecular weight is 367 g/mol. The van der Waals surface area contributed by atoms with Crippen molar-refractivity contribution >= 4 is 23.6 Å². The lowest BCUT2D eigenvalue weighted by atomic mass is 10.1. The first kappa shape index (κ1) is 19.4. The van der Waals surface area contributed by atoms with Gasteiger partial charge in [-0.25, -0.2) is 4.79 Å². The highest BCUT2D eigenvalue weighted by molar-refractivity contribution is 8.00. The first-order chi connectivity index (χ1) is 12.0. The van der Waals surface area contributed by atoms with Crippen molar-refractivity contribution in [1.82, 2.24) is 4.90 Å². The predicted octanol–water partition coefficient (Wildman–Crippen LogP) is 2.81. The number of amides is 1. The van der Waals surface area contributed by atoms with E-state index in [-0.39, 0.29) is 29.8 Å². The van der Waals surface area contributed by atoms with Gasteiger partial charge in [-0.05, 0) is 25.0 Å². The number of ether oxygens (including phenoxy) is 3. The molecule has 1 amide bonds. The fourth-order valence-corrected chi connectivity index (χ4v) is 4.37. The fraction of sp³-hybridized carbons (Fsp3) is 0.556. The third-order valence-corrected chi connectivity index (χ3v) is 5.66. The smallest absolute Gasteiger partial charge is 0.329 e. The Kier molecular flexibility index (Phi) is 6.58.